The fourth-order valence-corrected chi connectivity index (χ4v) is 3.81. The van der Waals surface area contributed by atoms with Gasteiger partial charge in [0.2, 0.25) is 0 Å². The van der Waals surface area contributed by atoms with E-state index in [9.17, 15) is 0 Å². The zero-order chi connectivity index (χ0) is 18.4. The van der Waals surface area contributed by atoms with Crippen LogP contribution in [0.4, 0.5) is 5.69 Å². The number of hydrogen-bond donors (Lipinski definition) is 0. The maximum Gasteiger partial charge on any atom is 0.162 e. The van der Waals surface area contributed by atoms with Crippen LogP contribution in [0.2, 0.25) is 0 Å². The zero-order valence-electron chi connectivity index (χ0n) is 15.6. The Kier molecular flexibility index (Phi) is 3.79. The molecule has 0 saturated carbocycles. The van der Waals surface area contributed by atoms with Crippen LogP contribution in [-0.4, -0.2) is 57.7 Å². The molecule has 0 amide bonds. The van der Waals surface area contributed by atoms with E-state index in [1.54, 1.807) is 0 Å². The molecule has 1 aromatic carbocycles. The number of para-hydroxylation sites is 1. The Morgan fingerprint density at radius 2 is 1.78 bits per heavy atom. The summed E-state index contributed by atoms with van der Waals surface area (Å²) in [4.78, 5) is 14.1. The summed E-state index contributed by atoms with van der Waals surface area (Å²) >= 11 is 0. The molecule has 1 aliphatic heterocycles. The Balaban J connectivity index is 1.60. The summed E-state index contributed by atoms with van der Waals surface area (Å²) in [6.07, 6.45) is 5.98. The number of hydrogen-bond acceptors (Lipinski definition) is 5. The smallest absolute Gasteiger partial charge is 0.162 e. The molecule has 5 rings (SSSR count). The van der Waals surface area contributed by atoms with Gasteiger partial charge in [-0.1, -0.05) is 18.2 Å². The van der Waals surface area contributed by atoms with Crippen molar-refractivity contribution in [1.82, 2.24) is 24.5 Å². The zero-order valence-corrected chi connectivity index (χ0v) is 15.6. The molecule has 3 aromatic heterocycles. The number of benzene rings is 1. The maximum atomic E-state index is 4.77. The van der Waals surface area contributed by atoms with Gasteiger partial charge in [0, 0.05) is 42.8 Å². The SMILES string of the molecule is Cc1cc(-c2cnn3cc(N4CCN(C)CC4)cnc23)c2ccccc2n1. The van der Waals surface area contributed by atoms with E-state index in [1.807, 2.05) is 36.0 Å². The van der Waals surface area contributed by atoms with E-state index < -0.39 is 0 Å². The highest BCUT2D eigenvalue weighted by Crippen LogP contribution is 2.31. The van der Waals surface area contributed by atoms with Gasteiger partial charge in [-0.05, 0) is 31.7 Å². The van der Waals surface area contributed by atoms with Crippen molar-refractivity contribution in [3.63, 3.8) is 0 Å². The molecule has 1 aliphatic rings. The van der Waals surface area contributed by atoms with Gasteiger partial charge in [-0.25, -0.2) is 9.50 Å². The first-order chi connectivity index (χ1) is 13.2. The summed E-state index contributed by atoms with van der Waals surface area (Å²) in [7, 11) is 2.17. The minimum absolute atomic E-state index is 0.878. The van der Waals surface area contributed by atoms with E-state index >= 15 is 0 Å². The van der Waals surface area contributed by atoms with E-state index in [0.717, 1.165) is 65.2 Å². The summed E-state index contributed by atoms with van der Waals surface area (Å²) in [6, 6.07) is 10.4. The first-order valence-corrected chi connectivity index (χ1v) is 9.33. The molecule has 0 aliphatic carbocycles. The second-order valence-electron chi connectivity index (χ2n) is 7.26. The molecule has 1 fully saturated rings. The first-order valence-electron chi connectivity index (χ1n) is 9.33. The van der Waals surface area contributed by atoms with Gasteiger partial charge in [-0.15, -0.1) is 0 Å². The molecular weight excluding hydrogens is 336 g/mol. The molecule has 0 atom stereocenters. The number of fused-ring (bicyclic) bond motifs is 2. The van der Waals surface area contributed by atoms with Crippen LogP contribution in [0.15, 0.2) is 48.9 Å². The van der Waals surface area contributed by atoms with Gasteiger partial charge in [0.15, 0.2) is 5.65 Å². The van der Waals surface area contributed by atoms with Crippen LogP contribution in [0.3, 0.4) is 0 Å². The van der Waals surface area contributed by atoms with Crippen LogP contribution < -0.4 is 4.90 Å². The molecule has 6 heteroatoms. The molecule has 27 heavy (non-hydrogen) atoms. The number of aryl methyl sites for hydroxylation is 1. The number of piperazine rings is 1. The van der Waals surface area contributed by atoms with Gasteiger partial charge in [-0.2, -0.15) is 5.10 Å². The highest BCUT2D eigenvalue weighted by atomic mass is 15.3. The van der Waals surface area contributed by atoms with Gasteiger partial charge < -0.3 is 9.80 Å². The van der Waals surface area contributed by atoms with Crippen molar-refractivity contribution in [2.45, 2.75) is 6.92 Å². The van der Waals surface area contributed by atoms with Crippen LogP contribution in [0.1, 0.15) is 5.69 Å². The Labute approximate surface area is 158 Å². The molecule has 1 saturated heterocycles. The summed E-state index contributed by atoms with van der Waals surface area (Å²) in [5.74, 6) is 0. The molecule has 136 valence electrons. The fraction of sp³-hybridized carbons (Fsp3) is 0.286. The third-order valence-corrected chi connectivity index (χ3v) is 5.35. The number of rotatable bonds is 2. The van der Waals surface area contributed by atoms with Crippen molar-refractivity contribution in [3.8, 4) is 11.1 Å². The van der Waals surface area contributed by atoms with Crippen LogP contribution in [0.5, 0.6) is 0 Å². The van der Waals surface area contributed by atoms with Crippen LogP contribution in [0.25, 0.3) is 27.7 Å². The third-order valence-electron chi connectivity index (χ3n) is 5.35. The van der Waals surface area contributed by atoms with E-state index in [2.05, 4.69) is 51.3 Å². The summed E-state index contributed by atoms with van der Waals surface area (Å²) < 4.78 is 1.90. The topological polar surface area (TPSA) is 49.6 Å². The molecule has 0 unspecified atom stereocenters. The second kappa shape index (κ2) is 6.32. The van der Waals surface area contributed by atoms with E-state index in [-0.39, 0.29) is 0 Å². The monoisotopic (exact) mass is 358 g/mol. The average Bonchev–Trinajstić information content (AvgIpc) is 3.11. The van der Waals surface area contributed by atoms with Crippen LogP contribution >= 0.6 is 0 Å². The van der Waals surface area contributed by atoms with Gasteiger partial charge in [0.25, 0.3) is 0 Å². The number of nitrogens with zero attached hydrogens (tertiary/aromatic N) is 6. The van der Waals surface area contributed by atoms with E-state index in [4.69, 9.17) is 4.98 Å². The van der Waals surface area contributed by atoms with Gasteiger partial charge in [0.05, 0.1) is 29.8 Å². The van der Waals surface area contributed by atoms with Crippen molar-refractivity contribution < 1.29 is 0 Å². The fourth-order valence-electron chi connectivity index (χ4n) is 3.81. The molecule has 6 nitrogen and oxygen atoms in total. The Morgan fingerprint density at radius 1 is 0.963 bits per heavy atom. The average molecular weight is 358 g/mol. The van der Waals surface area contributed by atoms with E-state index in [1.165, 1.54) is 0 Å². The normalized spacial score (nSPS) is 15.7. The lowest BCUT2D eigenvalue weighted by Gasteiger charge is -2.33. The molecule has 0 spiro atoms. The van der Waals surface area contributed by atoms with Crippen molar-refractivity contribution in [2.24, 2.45) is 0 Å². The van der Waals surface area contributed by atoms with E-state index in [0.29, 0.717) is 0 Å². The Hall–Kier alpha value is -2.99. The van der Waals surface area contributed by atoms with Crippen molar-refractivity contribution in [2.75, 3.05) is 38.1 Å². The largest absolute Gasteiger partial charge is 0.366 e. The minimum Gasteiger partial charge on any atom is -0.366 e. The summed E-state index contributed by atoms with van der Waals surface area (Å²) in [6.45, 7) is 6.22. The standard InChI is InChI=1S/C21H22N6/c1-15-11-18(17-5-3-4-6-20(17)24-15)19-13-23-27-14-16(12-22-21(19)27)26-9-7-25(2)8-10-26/h3-6,11-14H,7-10H2,1-2H3. The highest BCUT2D eigenvalue weighted by Gasteiger charge is 2.17. The third kappa shape index (κ3) is 2.82. The predicted molar refractivity (Wildman–Crippen MR) is 108 cm³/mol. The van der Waals surface area contributed by atoms with Crippen molar-refractivity contribution >= 4 is 22.2 Å². The molecule has 0 radical (unpaired) electrons. The lowest BCUT2D eigenvalue weighted by Crippen LogP contribution is -2.44. The molecule has 0 N–H and O–H groups in total. The molecule has 0 bridgehead atoms. The maximum absolute atomic E-state index is 4.77. The molecule has 4 aromatic rings. The highest BCUT2D eigenvalue weighted by molar-refractivity contribution is 5.98. The number of aromatic nitrogens is 4. The second-order valence-corrected chi connectivity index (χ2v) is 7.26. The lowest BCUT2D eigenvalue weighted by atomic mass is 10.0. The predicted octanol–water partition coefficient (Wildman–Crippen LogP) is 3.00. The van der Waals surface area contributed by atoms with Crippen molar-refractivity contribution in [1.29, 1.82) is 0 Å². The summed E-state index contributed by atoms with van der Waals surface area (Å²) in [5.41, 5.74) is 6.18. The Bertz CT molecular complexity index is 1120. The Morgan fingerprint density at radius 3 is 2.63 bits per heavy atom. The van der Waals surface area contributed by atoms with Crippen molar-refractivity contribution in [3.05, 3.63) is 54.6 Å². The quantitative estimate of drug-likeness (QED) is 0.551. The van der Waals surface area contributed by atoms with Crippen LogP contribution in [-0.2, 0) is 0 Å². The molecular formula is C21H22N6. The number of likely N-dealkylation sites (N-methyl/N-ethyl adjacent to an activating group) is 1. The number of anilines is 1. The lowest BCUT2D eigenvalue weighted by molar-refractivity contribution is 0.312. The molecule has 4 heterocycles. The minimum atomic E-state index is 0.878. The van der Waals surface area contributed by atoms with Gasteiger partial charge >= 0.3 is 0 Å². The van der Waals surface area contributed by atoms with Crippen LogP contribution in [0, 0.1) is 6.92 Å². The van der Waals surface area contributed by atoms with Gasteiger partial charge in [-0.3, -0.25) is 4.98 Å². The summed E-state index contributed by atoms with van der Waals surface area (Å²) in [5, 5.41) is 5.73. The first kappa shape index (κ1) is 16.2. The number of pyridine rings is 1. The van der Waals surface area contributed by atoms with Gasteiger partial charge in [0.1, 0.15) is 0 Å².